The van der Waals surface area contributed by atoms with Crippen molar-refractivity contribution in [1.29, 1.82) is 0 Å². The van der Waals surface area contributed by atoms with Gasteiger partial charge in [0.15, 0.2) is 0 Å². The molecule has 0 spiro atoms. The third-order valence-electron chi connectivity index (χ3n) is 2.68. The Bertz CT molecular complexity index is 372. The molecule has 0 bridgehead atoms. The average Bonchev–Trinajstić information content (AvgIpc) is 2.30. The highest BCUT2D eigenvalue weighted by molar-refractivity contribution is 5.74. The summed E-state index contributed by atoms with van der Waals surface area (Å²) in [7, 11) is 0. The van der Waals surface area contributed by atoms with Crippen LogP contribution in [0.1, 0.15) is 24.9 Å². The number of hydrogen-bond acceptors (Lipinski definition) is 2. The van der Waals surface area contributed by atoms with Crippen molar-refractivity contribution in [3.05, 3.63) is 42.2 Å². The predicted molar refractivity (Wildman–Crippen MR) is 58.1 cm³/mol. The molecule has 0 N–H and O–H groups in total. The monoisotopic (exact) mass is 202 g/mol. The lowest BCUT2D eigenvalue weighted by atomic mass is 10.0. The molecular weight excluding hydrogens is 188 g/mol. The van der Waals surface area contributed by atoms with Crippen LogP contribution in [0, 0.1) is 0 Å². The molecular formula is C12H14N2O. The van der Waals surface area contributed by atoms with Crippen molar-refractivity contribution in [2.75, 3.05) is 6.54 Å². The zero-order valence-electron chi connectivity index (χ0n) is 8.76. The van der Waals surface area contributed by atoms with E-state index in [2.05, 4.69) is 11.1 Å². The van der Waals surface area contributed by atoms with Gasteiger partial charge in [-0.2, -0.15) is 0 Å². The van der Waals surface area contributed by atoms with Crippen molar-refractivity contribution in [3.63, 3.8) is 0 Å². The lowest BCUT2D eigenvalue weighted by molar-refractivity contribution is -0.130. The van der Waals surface area contributed by atoms with Gasteiger partial charge in [-0.3, -0.25) is 9.78 Å². The normalized spacial score (nSPS) is 20.3. The quantitative estimate of drug-likeness (QED) is 0.652. The Balaban J connectivity index is 2.27. The minimum atomic E-state index is 0.119. The molecule has 15 heavy (non-hydrogen) atoms. The van der Waals surface area contributed by atoms with E-state index in [1.165, 1.54) is 0 Å². The minimum Gasteiger partial charge on any atom is -0.332 e. The molecule has 3 nitrogen and oxygen atoms in total. The van der Waals surface area contributed by atoms with Crippen LogP contribution in [0.4, 0.5) is 0 Å². The molecule has 2 rings (SSSR count). The first-order valence-corrected chi connectivity index (χ1v) is 5.11. The lowest BCUT2D eigenvalue weighted by Gasteiger charge is -2.32. The van der Waals surface area contributed by atoms with Crippen LogP contribution in [-0.4, -0.2) is 22.3 Å². The summed E-state index contributed by atoms with van der Waals surface area (Å²) in [6.45, 7) is 2.32. The fourth-order valence-electron chi connectivity index (χ4n) is 1.90. The maximum Gasteiger partial charge on any atom is 0.220 e. The molecule has 0 fully saturated rings. The molecule has 2 heterocycles. The Hall–Kier alpha value is -1.64. The van der Waals surface area contributed by atoms with E-state index in [-0.39, 0.29) is 11.9 Å². The molecule has 0 saturated carbocycles. The molecule has 1 aromatic rings. The molecule has 1 aliphatic heterocycles. The first kappa shape index (κ1) is 9.90. The van der Waals surface area contributed by atoms with E-state index in [0.717, 1.165) is 12.0 Å². The molecule has 78 valence electrons. The second-order valence-electron chi connectivity index (χ2n) is 3.68. The highest BCUT2D eigenvalue weighted by atomic mass is 16.2. The zero-order valence-corrected chi connectivity index (χ0v) is 8.76. The van der Waals surface area contributed by atoms with Crippen LogP contribution in [0.15, 0.2) is 36.7 Å². The third-order valence-corrected chi connectivity index (χ3v) is 2.68. The fourth-order valence-corrected chi connectivity index (χ4v) is 1.90. The van der Waals surface area contributed by atoms with Crippen molar-refractivity contribution in [3.8, 4) is 0 Å². The van der Waals surface area contributed by atoms with E-state index in [1.54, 1.807) is 13.1 Å². The third kappa shape index (κ3) is 2.06. The highest BCUT2D eigenvalue weighted by Crippen LogP contribution is 2.26. The zero-order chi connectivity index (χ0) is 10.7. The number of carbonyl (C=O) groups excluding carboxylic acids is 1. The lowest BCUT2D eigenvalue weighted by Crippen LogP contribution is -2.35. The molecule has 0 saturated heterocycles. The molecule has 0 radical (unpaired) electrons. The van der Waals surface area contributed by atoms with E-state index >= 15 is 0 Å². The summed E-state index contributed by atoms with van der Waals surface area (Å²) in [5.74, 6) is 0.119. The van der Waals surface area contributed by atoms with E-state index in [1.807, 2.05) is 29.3 Å². The minimum absolute atomic E-state index is 0.119. The second-order valence-corrected chi connectivity index (χ2v) is 3.68. The van der Waals surface area contributed by atoms with Crippen molar-refractivity contribution < 1.29 is 4.79 Å². The van der Waals surface area contributed by atoms with Crippen LogP contribution in [0.3, 0.4) is 0 Å². The van der Waals surface area contributed by atoms with Crippen LogP contribution < -0.4 is 0 Å². The number of pyridine rings is 1. The van der Waals surface area contributed by atoms with E-state index in [0.29, 0.717) is 6.54 Å². The molecule has 3 heteroatoms. The smallest absolute Gasteiger partial charge is 0.220 e. The van der Waals surface area contributed by atoms with Crippen LogP contribution in [0.5, 0.6) is 0 Å². The number of carbonyl (C=O) groups is 1. The van der Waals surface area contributed by atoms with Gasteiger partial charge in [0.05, 0.1) is 6.04 Å². The SMILES string of the molecule is CC(=O)N1CC=CC[C@H]1c1cccnc1. The van der Waals surface area contributed by atoms with Crippen molar-refractivity contribution in [2.45, 2.75) is 19.4 Å². The number of hydrogen-bond donors (Lipinski definition) is 0. The van der Waals surface area contributed by atoms with Gasteiger partial charge < -0.3 is 4.90 Å². The average molecular weight is 202 g/mol. The molecule has 0 aliphatic carbocycles. The number of amides is 1. The van der Waals surface area contributed by atoms with Crippen LogP contribution in [-0.2, 0) is 4.79 Å². The fraction of sp³-hybridized carbons (Fsp3) is 0.333. The van der Waals surface area contributed by atoms with Crippen LogP contribution in [0.25, 0.3) is 0 Å². The van der Waals surface area contributed by atoms with Gasteiger partial charge in [-0.25, -0.2) is 0 Å². The van der Waals surface area contributed by atoms with Crippen molar-refractivity contribution in [2.24, 2.45) is 0 Å². The van der Waals surface area contributed by atoms with Crippen molar-refractivity contribution in [1.82, 2.24) is 9.88 Å². The summed E-state index contributed by atoms with van der Waals surface area (Å²) in [6, 6.07) is 4.08. The Morgan fingerprint density at radius 3 is 3.07 bits per heavy atom. The molecule has 1 aromatic heterocycles. The largest absolute Gasteiger partial charge is 0.332 e. The van der Waals surface area contributed by atoms with Gasteiger partial charge in [0.1, 0.15) is 0 Å². The molecule has 1 aliphatic rings. The molecule has 1 atom stereocenters. The van der Waals surface area contributed by atoms with Crippen molar-refractivity contribution >= 4 is 5.91 Å². The predicted octanol–water partition coefficient (Wildman–Crippen LogP) is 1.93. The van der Waals surface area contributed by atoms with Gasteiger partial charge in [0.25, 0.3) is 0 Å². The van der Waals surface area contributed by atoms with Gasteiger partial charge in [-0.1, -0.05) is 18.2 Å². The van der Waals surface area contributed by atoms with Gasteiger partial charge in [-0.05, 0) is 18.1 Å². The first-order valence-electron chi connectivity index (χ1n) is 5.11. The Labute approximate surface area is 89.4 Å². The summed E-state index contributed by atoms with van der Waals surface area (Å²) in [5.41, 5.74) is 1.11. The highest BCUT2D eigenvalue weighted by Gasteiger charge is 2.22. The first-order chi connectivity index (χ1) is 7.29. The van der Waals surface area contributed by atoms with Gasteiger partial charge >= 0.3 is 0 Å². The maximum absolute atomic E-state index is 11.5. The summed E-state index contributed by atoms with van der Waals surface area (Å²) in [5, 5.41) is 0. The van der Waals surface area contributed by atoms with Gasteiger partial charge in [0, 0.05) is 25.9 Å². The molecule has 1 amide bonds. The number of aromatic nitrogens is 1. The summed E-state index contributed by atoms with van der Waals surface area (Å²) >= 11 is 0. The maximum atomic E-state index is 11.5. The Morgan fingerprint density at radius 2 is 2.40 bits per heavy atom. The van der Waals surface area contributed by atoms with Gasteiger partial charge in [-0.15, -0.1) is 0 Å². The van der Waals surface area contributed by atoms with E-state index < -0.39 is 0 Å². The molecule has 0 unspecified atom stereocenters. The standard InChI is InChI=1S/C12H14N2O/c1-10(15)14-8-3-2-6-12(14)11-5-4-7-13-9-11/h2-5,7,9,12H,6,8H2,1H3/t12-/m0/s1. The van der Waals surface area contributed by atoms with E-state index in [9.17, 15) is 4.79 Å². The van der Waals surface area contributed by atoms with Gasteiger partial charge in [0.2, 0.25) is 5.91 Å². The van der Waals surface area contributed by atoms with E-state index in [4.69, 9.17) is 0 Å². The Morgan fingerprint density at radius 1 is 1.53 bits per heavy atom. The number of nitrogens with zero attached hydrogens (tertiary/aromatic N) is 2. The molecule has 0 aromatic carbocycles. The Kier molecular flexibility index (Phi) is 2.81. The topological polar surface area (TPSA) is 33.2 Å². The number of rotatable bonds is 1. The summed E-state index contributed by atoms with van der Waals surface area (Å²) in [6.07, 6.45) is 8.62. The van der Waals surface area contributed by atoms with Crippen LogP contribution >= 0.6 is 0 Å². The van der Waals surface area contributed by atoms with Crippen LogP contribution in [0.2, 0.25) is 0 Å². The summed E-state index contributed by atoms with van der Waals surface area (Å²) in [4.78, 5) is 17.4. The summed E-state index contributed by atoms with van der Waals surface area (Å²) < 4.78 is 0. The second kappa shape index (κ2) is 4.26.